The molecule has 1 aliphatic rings. The molecule has 0 amide bonds. The van der Waals surface area contributed by atoms with Crippen LogP contribution in [0.4, 0.5) is 0 Å². The minimum Gasteiger partial charge on any atom is -0.426 e. The number of hydrogen-bond acceptors (Lipinski definition) is 2. The van der Waals surface area contributed by atoms with E-state index in [9.17, 15) is 4.79 Å². The van der Waals surface area contributed by atoms with Crippen LogP contribution in [0.25, 0.3) is 0 Å². The fourth-order valence-electron chi connectivity index (χ4n) is 4.20. The average molecular weight is 441 g/mol. The molecule has 33 heavy (non-hydrogen) atoms. The first-order valence-electron chi connectivity index (χ1n) is 12.6. The van der Waals surface area contributed by atoms with Gasteiger partial charge in [0.1, 0.15) is 5.75 Å². The van der Waals surface area contributed by atoms with Gasteiger partial charge in [-0.2, -0.15) is 0 Å². The van der Waals surface area contributed by atoms with Crippen LogP contribution >= 0.6 is 0 Å². The lowest BCUT2D eigenvalue weighted by Crippen LogP contribution is -2.25. The maximum absolute atomic E-state index is 12.5. The number of rotatable bonds is 7. The van der Waals surface area contributed by atoms with E-state index in [2.05, 4.69) is 37.5 Å². The van der Waals surface area contributed by atoms with Crippen LogP contribution in [0.5, 0.6) is 5.75 Å². The standard InChI is InChI=1S/C31H36O2/c1-3-5-7-8-10-26-11-13-27(14-12-26)15-16-28-19-23-30(24-20-28)33-31(32)29-21-17-25(18-22-29)9-6-4-2/h11-14,19-20,23-25,29H,3-7,9,17-18,21-22H2,1-2H3/t25-,29-. The average Bonchev–Trinajstić information content (AvgIpc) is 2.86. The Hall–Kier alpha value is -2.97. The highest BCUT2D eigenvalue weighted by Crippen LogP contribution is 2.32. The molecule has 0 heterocycles. The Bertz CT molecular complexity index is 985. The minimum absolute atomic E-state index is 0.0432. The first kappa shape index (κ1) is 24.7. The highest BCUT2D eigenvalue weighted by Gasteiger charge is 2.27. The summed E-state index contributed by atoms with van der Waals surface area (Å²) in [5.74, 6) is 14.1. The normalized spacial score (nSPS) is 17.3. The quantitative estimate of drug-likeness (QED) is 0.192. The van der Waals surface area contributed by atoms with Crippen molar-refractivity contribution in [3.05, 3.63) is 65.2 Å². The summed E-state index contributed by atoms with van der Waals surface area (Å²) in [7, 11) is 0. The predicted molar refractivity (Wildman–Crippen MR) is 136 cm³/mol. The van der Waals surface area contributed by atoms with Gasteiger partial charge in [0.05, 0.1) is 5.92 Å². The minimum atomic E-state index is -0.0827. The van der Waals surface area contributed by atoms with Crippen molar-refractivity contribution in [1.82, 2.24) is 0 Å². The highest BCUT2D eigenvalue weighted by molar-refractivity contribution is 5.75. The van der Waals surface area contributed by atoms with Crippen molar-refractivity contribution in [2.45, 2.75) is 78.1 Å². The van der Waals surface area contributed by atoms with Gasteiger partial charge in [-0.1, -0.05) is 63.2 Å². The molecule has 0 radical (unpaired) electrons. The lowest BCUT2D eigenvalue weighted by molar-refractivity contribution is -0.140. The van der Waals surface area contributed by atoms with Crippen molar-refractivity contribution in [3.63, 3.8) is 0 Å². The Labute approximate surface area is 200 Å². The van der Waals surface area contributed by atoms with Crippen molar-refractivity contribution in [1.29, 1.82) is 0 Å². The van der Waals surface area contributed by atoms with Gasteiger partial charge < -0.3 is 4.74 Å². The van der Waals surface area contributed by atoms with Gasteiger partial charge in [-0.15, -0.1) is 0 Å². The van der Waals surface area contributed by atoms with E-state index >= 15 is 0 Å². The van der Waals surface area contributed by atoms with E-state index < -0.39 is 0 Å². The van der Waals surface area contributed by atoms with Crippen molar-refractivity contribution in [3.8, 4) is 29.4 Å². The lowest BCUT2D eigenvalue weighted by atomic mass is 9.80. The fourth-order valence-corrected chi connectivity index (χ4v) is 4.20. The molecule has 1 fully saturated rings. The molecule has 2 heteroatoms. The van der Waals surface area contributed by atoms with E-state index in [1.54, 1.807) is 0 Å². The molecule has 1 aliphatic carbocycles. The summed E-state index contributed by atoms with van der Waals surface area (Å²) in [6.45, 7) is 4.42. The van der Waals surface area contributed by atoms with Crippen LogP contribution < -0.4 is 4.74 Å². The lowest BCUT2D eigenvalue weighted by Gasteiger charge is -2.27. The summed E-state index contributed by atoms with van der Waals surface area (Å²) < 4.78 is 5.65. The molecule has 0 N–H and O–H groups in total. The van der Waals surface area contributed by atoms with Crippen molar-refractivity contribution < 1.29 is 9.53 Å². The van der Waals surface area contributed by atoms with E-state index in [0.717, 1.165) is 61.1 Å². The first-order chi connectivity index (χ1) is 16.2. The van der Waals surface area contributed by atoms with Crippen molar-refractivity contribution >= 4 is 5.97 Å². The van der Waals surface area contributed by atoms with Gasteiger partial charge in [-0.3, -0.25) is 4.79 Å². The molecule has 0 spiro atoms. The Morgan fingerprint density at radius 1 is 0.788 bits per heavy atom. The number of carbonyl (C=O) groups is 1. The van der Waals surface area contributed by atoms with Crippen LogP contribution in [0.15, 0.2) is 48.5 Å². The monoisotopic (exact) mass is 440 g/mol. The largest absolute Gasteiger partial charge is 0.426 e. The summed E-state index contributed by atoms with van der Waals surface area (Å²) in [6.07, 6.45) is 11.3. The Kier molecular flexibility index (Phi) is 10.1. The molecule has 0 bridgehead atoms. The number of esters is 1. The molecule has 172 valence electrons. The summed E-state index contributed by atoms with van der Waals surface area (Å²) in [4.78, 5) is 12.5. The van der Waals surface area contributed by atoms with E-state index in [4.69, 9.17) is 4.74 Å². The SMILES string of the molecule is CCCCC#Cc1ccc(C#Cc2ccc(OC(=O)[C@H]3CC[C@H](CCCC)CC3)cc2)cc1. The van der Waals surface area contributed by atoms with E-state index in [0.29, 0.717) is 5.75 Å². The van der Waals surface area contributed by atoms with Crippen LogP contribution in [0.3, 0.4) is 0 Å². The maximum Gasteiger partial charge on any atom is 0.314 e. The summed E-state index contributed by atoms with van der Waals surface area (Å²) in [5.41, 5.74) is 2.88. The smallest absolute Gasteiger partial charge is 0.314 e. The second kappa shape index (κ2) is 13.5. The second-order valence-electron chi connectivity index (χ2n) is 9.04. The molecule has 2 nitrogen and oxygen atoms in total. The molecule has 0 aliphatic heterocycles. The molecule has 0 unspecified atom stereocenters. The van der Waals surface area contributed by atoms with Gasteiger partial charge >= 0.3 is 5.97 Å². The maximum atomic E-state index is 12.5. The third-order valence-electron chi connectivity index (χ3n) is 6.34. The van der Waals surface area contributed by atoms with E-state index in [1.165, 1.54) is 25.7 Å². The summed E-state index contributed by atoms with van der Waals surface area (Å²) >= 11 is 0. The van der Waals surface area contributed by atoms with Crippen LogP contribution in [0.1, 0.15) is 94.7 Å². The Morgan fingerprint density at radius 2 is 1.33 bits per heavy atom. The van der Waals surface area contributed by atoms with Gasteiger partial charge in [-0.25, -0.2) is 0 Å². The molecular weight excluding hydrogens is 404 g/mol. The fraction of sp³-hybridized carbons (Fsp3) is 0.452. The Balaban J connectivity index is 1.48. The summed E-state index contributed by atoms with van der Waals surface area (Å²) in [5, 5.41) is 0. The molecule has 0 aromatic heterocycles. The summed E-state index contributed by atoms with van der Waals surface area (Å²) in [6, 6.07) is 15.5. The third kappa shape index (κ3) is 8.47. The predicted octanol–water partition coefficient (Wildman–Crippen LogP) is 7.53. The van der Waals surface area contributed by atoms with Crippen LogP contribution in [0.2, 0.25) is 0 Å². The molecular formula is C31H36O2. The van der Waals surface area contributed by atoms with Crippen LogP contribution in [-0.2, 0) is 4.79 Å². The highest BCUT2D eigenvalue weighted by atomic mass is 16.5. The topological polar surface area (TPSA) is 26.3 Å². The molecule has 0 saturated heterocycles. The van der Waals surface area contributed by atoms with Crippen molar-refractivity contribution in [2.24, 2.45) is 11.8 Å². The van der Waals surface area contributed by atoms with Gasteiger partial charge in [0.15, 0.2) is 0 Å². The zero-order chi connectivity index (χ0) is 23.3. The van der Waals surface area contributed by atoms with Gasteiger partial charge in [0, 0.05) is 23.1 Å². The van der Waals surface area contributed by atoms with Crippen molar-refractivity contribution in [2.75, 3.05) is 0 Å². The first-order valence-corrected chi connectivity index (χ1v) is 12.6. The number of hydrogen-bond donors (Lipinski definition) is 0. The van der Waals surface area contributed by atoms with E-state index in [1.807, 2.05) is 48.5 Å². The zero-order valence-corrected chi connectivity index (χ0v) is 20.2. The van der Waals surface area contributed by atoms with Gasteiger partial charge in [0.2, 0.25) is 0 Å². The molecule has 1 saturated carbocycles. The second-order valence-corrected chi connectivity index (χ2v) is 9.04. The van der Waals surface area contributed by atoms with Gasteiger partial charge in [0.25, 0.3) is 0 Å². The van der Waals surface area contributed by atoms with Crippen LogP contribution in [0, 0.1) is 35.5 Å². The molecule has 2 aromatic rings. The molecule has 0 atom stereocenters. The Morgan fingerprint density at radius 3 is 1.91 bits per heavy atom. The number of unbranched alkanes of at least 4 members (excludes halogenated alkanes) is 3. The third-order valence-corrected chi connectivity index (χ3v) is 6.34. The van der Waals surface area contributed by atoms with Gasteiger partial charge in [-0.05, 0) is 86.6 Å². The molecule has 3 rings (SSSR count). The zero-order valence-electron chi connectivity index (χ0n) is 20.2. The molecule has 2 aromatic carbocycles. The number of ether oxygens (including phenoxy) is 1. The number of benzene rings is 2. The number of carbonyl (C=O) groups excluding carboxylic acids is 1. The van der Waals surface area contributed by atoms with Crippen LogP contribution in [-0.4, -0.2) is 5.97 Å². The van der Waals surface area contributed by atoms with E-state index in [-0.39, 0.29) is 11.9 Å².